The van der Waals surface area contributed by atoms with E-state index in [2.05, 4.69) is 5.32 Å². The molecular weight excluding hydrogens is 358 g/mol. The number of rotatable bonds is 10. The summed E-state index contributed by atoms with van der Waals surface area (Å²) in [4.78, 5) is 11.5. The second-order valence-electron chi connectivity index (χ2n) is 7.11. The van der Waals surface area contributed by atoms with E-state index < -0.39 is 11.7 Å². The highest BCUT2D eigenvalue weighted by Crippen LogP contribution is 2.27. The third-order valence-corrected chi connectivity index (χ3v) is 3.49. The van der Waals surface area contributed by atoms with Gasteiger partial charge in [-0.3, -0.25) is 0 Å². The van der Waals surface area contributed by atoms with E-state index in [1.54, 1.807) is 0 Å². The lowest BCUT2D eigenvalue weighted by atomic mass is 10.2. The lowest BCUT2D eigenvalue weighted by Crippen LogP contribution is -2.34. The maximum Gasteiger partial charge on any atom is 0.407 e. The Kier molecular flexibility index (Phi) is 8.62. The molecule has 0 aliphatic heterocycles. The minimum Gasteiger partial charge on any atom is -0.487 e. The van der Waals surface area contributed by atoms with E-state index in [-0.39, 0.29) is 0 Å². The molecule has 0 spiro atoms. The van der Waals surface area contributed by atoms with Gasteiger partial charge in [0.05, 0.1) is 13.2 Å². The smallest absolute Gasteiger partial charge is 0.407 e. The monoisotopic (exact) mass is 387 g/mol. The maximum atomic E-state index is 11.5. The van der Waals surface area contributed by atoms with Gasteiger partial charge in [-0.15, -0.1) is 0 Å². The number of benzene rings is 2. The minimum absolute atomic E-state index is 0.381. The molecule has 0 heterocycles. The zero-order valence-electron chi connectivity index (χ0n) is 16.8. The number of ether oxygens (including phenoxy) is 4. The van der Waals surface area contributed by atoms with E-state index in [4.69, 9.17) is 18.9 Å². The van der Waals surface area contributed by atoms with Crippen molar-refractivity contribution in [3.05, 3.63) is 60.2 Å². The first-order valence-corrected chi connectivity index (χ1v) is 9.37. The van der Waals surface area contributed by atoms with E-state index >= 15 is 0 Å². The summed E-state index contributed by atoms with van der Waals surface area (Å²) in [7, 11) is 0. The van der Waals surface area contributed by atoms with Crippen molar-refractivity contribution in [2.75, 3.05) is 26.4 Å². The Balaban J connectivity index is 1.63. The van der Waals surface area contributed by atoms with Crippen LogP contribution in [0, 0.1) is 0 Å². The number of para-hydroxylation sites is 2. The second kappa shape index (κ2) is 11.2. The van der Waals surface area contributed by atoms with Crippen LogP contribution in [0.1, 0.15) is 26.3 Å². The Labute approximate surface area is 166 Å². The topological polar surface area (TPSA) is 66.0 Å². The minimum atomic E-state index is -0.505. The second-order valence-corrected chi connectivity index (χ2v) is 7.11. The highest BCUT2D eigenvalue weighted by molar-refractivity contribution is 5.67. The summed E-state index contributed by atoms with van der Waals surface area (Å²) in [5, 5.41) is 2.64. The standard InChI is InChI=1S/C22H29NO5/c1-22(2,3)28-21(24)23-13-14-25-15-16-26-19-11-7-8-12-20(19)27-17-18-9-5-4-6-10-18/h4-12H,13-17H2,1-3H3,(H,23,24). The van der Waals surface area contributed by atoms with Crippen LogP contribution in [0.2, 0.25) is 0 Å². The Bertz CT molecular complexity index is 712. The predicted molar refractivity (Wildman–Crippen MR) is 108 cm³/mol. The summed E-state index contributed by atoms with van der Waals surface area (Å²) in [5.74, 6) is 1.37. The van der Waals surface area contributed by atoms with Gasteiger partial charge in [0.25, 0.3) is 0 Å². The van der Waals surface area contributed by atoms with E-state index in [1.807, 2.05) is 75.4 Å². The number of carbonyl (C=O) groups is 1. The average molecular weight is 387 g/mol. The fourth-order valence-electron chi connectivity index (χ4n) is 2.28. The van der Waals surface area contributed by atoms with Crippen LogP contribution in [0.25, 0.3) is 0 Å². The summed E-state index contributed by atoms with van der Waals surface area (Å²) in [6, 6.07) is 17.5. The molecule has 28 heavy (non-hydrogen) atoms. The number of hydrogen-bond acceptors (Lipinski definition) is 5. The van der Waals surface area contributed by atoms with E-state index in [0.29, 0.717) is 44.5 Å². The lowest BCUT2D eigenvalue weighted by Gasteiger charge is -2.19. The molecule has 0 saturated heterocycles. The van der Waals surface area contributed by atoms with Gasteiger partial charge in [0.2, 0.25) is 0 Å². The van der Waals surface area contributed by atoms with Gasteiger partial charge < -0.3 is 24.3 Å². The van der Waals surface area contributed by atoms with Gasteiger partial charge >= 0.3 is 6.09 Å². The molecule has 0 radical (unpaired) electrons. The van der Waals surface area contributed by atoms with Crippen molar-refractivity contribution in [2.45, 2.75) is 33.0 Å². The SMILES string of the molecule is CC(C)(C)OC(=O)NCCOCCOc1ccccc1OCc1ccccc1. The molecule has 0 aliphatic rings. The number of amides is 1. The molecule has 0 aliphatic carbocycles. The van der Waals surface area contributed by atoms with E-state index in [9.17, 15) is 4.79 Å². The molecule has 2 aromatic rings. The molecule has 0 bridgehead atoms. The number of nitrogens with one attached hydrogen (secondary N) is 1. The first-order chi connectivity index (χ1) is 13.4. The number of alkyl carbamates (subject to hydrolysis) is 1. The van der Waals surface area contributed by atoms with Crippen LogP contribution in [0.5, 0.6) is 11.5 Å². The maximum absolute atomic E-state index is 11.5. The van der Waals surface area contributed by atoms with Gasteiger partial charge in [-0.2, -0.15) is 0 Å². The summed E-state index contributed by atoms with van der Waals surface area (Å²) >= 11 is 0. The van der Waals surface area contributed by atoms with Crippen LogP contribution in [-0.4, -0.2) is 38.1 Å². The van der Waals surface area contributed by atoms with Crippen LogP contribution in [0.4, 0.5) is 4.79 Å². The van der Waals surface area contributed by atoms with Crippen LogP contribution >= 0.6 is 0 Å². The first kappa shape index (κ1) is 21.6. The molecule has 0 saturated carbocycles. The van der Waals surface area contributed by atoms with Crippen LogP contribution < -0.4 is 14.8 Å². The Morgan fingerprint density at radius 1 is 0.857 bits per heavy atom. The van der Waals surface area contributed by atoms with Crippen LogP contribution in [-0.2, 0) is 16.1 Å². The number of carbonyl (C=O) groups excluding carboxylic acids is 1. The van der Waals surface area contributed by atoms with Gasteiger partial charge in [-0.25, -0.2) is 4.79 Å². The van der Waals surface area contributed by atoms with Crippen molar-refractivity contribution in [2.24, 2.45) is 0 Å². The Hall–Kier alpha value is -2.73. The van der Waals surface area contributed by atoms with Crippen molar-refractivity contribution >= 4 is 6.09 Å². The van der Waals surface area contributed by atoms with Gasteiger partial charge in [-0.1, -0.05) is 42.5 Å². The highest BCUT2D eigenvalue weighted by atomic mass is 16.6. The largest absolute Gasteiger partial charge is 0.487 e. The summed E-state index contributed by atoms with van der Waals surface area (Å²) in [6.45, 7) is 7.50. The van der Waals surface area contributed by atoms with E-state index in [0.717, 1.165) is 5.56 Å². The molecule has 0 aromatic heterocycles. The fourth-order valence-corrected chi connectivity index (χ4v) is 2.28. The summed E-state index contributed by atoms with van der Waals surface area (Å²) in [5.41, 5.74) is 0.590. The zero-order chi connectivity index (χ0) is 20.2. The predicted octanol–water partition coefficient (Wildman–Crippen LogP) is 4.19. The van der Waals surface area contributed by atoms with Crippen molar-refractivity contribution in [3.63, 3.8) is 0 Å². The quantitative estimate of drug-likeness (QED) is 0.620. The number of hydrogen-bond donors (Lipinski definition) is 1. The van der Waals surface area contributed by atoms with Crippen molar-refractivity contribution in [3.8, 4) is 11.5 Å². The molecule has 6 heteroatoms. The van der Waals surface area contributed by atoms with Crippen LogP contribution in [0.15, 0.2) is 54.6 Å². The molecular formula is C22H29NO5. The van der Waals surface area contributed by atoms with E-state index in [1.165, 1.54) is 0 Å². The van der Waals surface area contributed by atoms with Gasteiger partial charge in [0.1, 0.15) is 18.8 Å². The van der Waals surface area contributed by atoms with Crippen molar-refractivity contribution in [1.82, 2.24) is 5.32 Å². The third kappa shape index (κ3) is 8.77. The average Bonchev–Trinajstić information content (AvgIpc) is 2.66. The van der Waals surface area contributed by atoms with Gasteiger partial charge in [0, 0.05) is 6.54 Å². The van der Waals surface area contributed by atoms with Gasteiger partial charge in [-0.05, 0) is 38.5 Å². The normalized spacial score (nSPS) is 11.0. The molecule has 0 fully saturated rings. The Morgan fingerprint density at radius 2 is 1.50 bits per heavy atom. The fraction of sp³-hybridized carbons (Fsp3) is 0.409. The molecule has 1 amide bonds. The summed E-state index contributed by atoms with van der Waals surface area (Å²) in [6.07, 6.45) is -0.447. The van der Waals surface area contributed by atoms with Gasteiger partial charge in [0.15, 0.2) is 11.5 Å². The molecule has 0 unspecified atom stereocenters. The molecule has 152 valence electrons. The zero-order valence-corrected chi connectivity index (χ0v) is 16.8. The molecule has 0 atom stereocenters. The van der Waals surface area contributed by atoms with Crippen molar-refractivity contribution < 1.29 is 23.7 Å². The molecule has 1 N–H and O–H groups in total. The first-order valence-electron chi connectivity index (χ1n) is 9.37. The summed E-state index contributed by atoms with van der Waals surface area (Å²) < 4.78 is 22.2. The van der Waals surface area contributed by atoms with Crippen molar-refractivity contribution in [1.29, 1.82) is 0 Å². The molecule has 6 nitrogen and oxygen atoms in total. The molecule has 2 rings (SSSR count). The third-order valence-electron chi connectivity index (χ3n) is 3.49. The lowest BCUT2D eigenvalue weighted by molar-refractivity contribution is 0.0488. The van der Waals surface area contributed by atoms with Crippen LogP contribution in [0.3, 0.4) is 0 Å². The molecule has 2 aromatic carbocycles. The highest BCUT2D eigenvalue weighted by Gasteiger charge is 2.15. The Morgan fingerprint density at radius 3 is 2.18 bits per heavy atom.